The molecule has 0 aliphatic carbocycles. The van der Waals surface area contributed by atoms with Crippen molar-refractivity contribution in [2.75, 3.05) is 31.6 Å². The van der Waals surface area contributed by atoms with Gasteiger partial charge in [0, 0.05) is 24.0 Å². The van der Waals surface area contributed by atoms with Crippen LogP contribution in [0.4, 0.5) is 5.13 Å². The minimum atomic E-state index is -3.55. The Hall–Kier alpha value is -2.79. The number of rotatable bonds is 7. The summed E-state index contributed by atoms with van der Waals surface area (Å²) in [6, 6.07) is 12.3. The van der Waals surface area contributed by atoms with Crippen molar-refractivity contribution in [3.05, 3.63) is 59.0 Å². The standard InChI is InChI=1S/C24H27N3O5S2/c1-16-5-4-6-22(17(16)2)32-18(3)23(28)26-24-25-21(15-33-24)19-7-9-20(10-8-19)34(29,30)27-11-13-31-14-12-27/h4-10,15,18H,11-14H2,1-3H3,(H,25,26,28). The monoisotopic (exact) mass is 501 g/mol. The third-order valence-electron chi connectivity index (χ3n) is 5.72. The number of morpholine rings is 1. The fourth-order valence-corrected chi connectivity index (χ4v) is 5.63. The Morgan fingerprint density at radius 1 is 1.15 bits per heavy atom. The van der Waals surface area contributed by atoms with Crippen molar-refractivity contribution >= 4 is 32.4 Å². The summed E-state index contributed by atoms with van der Waals surface area (Å²) >= 11 is 1.30. The molecule has 1 aliphatic heterocycles. The number of amides is 1. The summed E-state index contributed by atoms with van der Waals surface area (Å²) in [7, 11) is -3.55. The smallest absolute Gasteiger partial charge is 0.266 e. The highest BCUT2D eigenvalue weighted by Crippen LogP contribution is 2.27. The molecule has 0 saturated carbocycles. The van der Waals surface area contributed by atoms with E-state index in [0.29, 0.717) is 42.9 Å². The van der Waals surface area contributed by atoms with E-state index >= 15 is 0 Å². The number of sulfonamides is 1. The molecule has 0 radical (unpaired) electrons. The summed E-state index contributed by atoms with van der Waals surface area (Å²) in [6.07, 6.45) is -0.697. The summed E-state index contributed by atoms with van der Waals surface area (Å²) < 4.78 is 38.1. The van der Waals surface area contributed by atoms with E-state index in [0.717, 1.165) is 16.7 Å². The molecule has 1 fully saturated rings. The molecule has 1 unspecified atom stereocenters. The molecule has 34 heavy (non-hydrogen) atoms. The van der Waals surface area contributed by atoms with Gasteiger partial charge in [-0.2, -0.15) is 4.31 Å². The lowest BCUT2D eigenvalue weighted by atomic mass is 10.1. The second kappa shape index (κ2) is 10.2. The molecule has 2 aromatic carbocycles. The second-order valence-electron chi connectivity index (χ2n) is 8.03. The summed E-state index contributed by atoms with van der Waals surface area (Å²) in [5.41, 5.74) is 3.51. The third-order valence-corrected chi connectivity index (χ3v) is 8.39. The normalized spacial score (nSPS) is 15.6. The first-order valence-electron chi connectivity index (χ1n) is 10.9. The van der Waals surface area contributed by atoms with Gasteiger partial charge in [0.1, 0.15) is 5.75 Å². The lowest BCUT2D eigenvalue weighted by Crippen LogP contribution is -2.40. The average molecular weight is 502 g/mol. The molecule has 10 heteroatoms. The first kappa shape index (κ1) is 24.3. The van der Waals surface area contributed by atoms with Gasteiger partial charge in [0.05, 0.1) is 23.8 Å². The lowest BCUT2D eigenvalue weighted by molar-refractivity contribution is -0.122. The molecule has 1 amide bonds. The van der Waals surface area contributed by atoms with Crippen LogP contribution in [0.3, 0.4) is 0 Å². The number of ether oxygens (including phenoxy) is 2. The summed E-state index contributed by atoms with van der Waals surface area (Å²) in [6.45, 7) is 7.15. The van der Waals surface area contributed by atoms with Crippen molar-refractivity contribution in [1.29, 1.82) is 0 Å². The first-order chi connectivity index (χ1) is 16.3. The number of nitrogens with one attached hydrogen (secondary N) is 1. The third kappa shape index (κ3) is 5.30. The summed E-state index contributed by atoms with van der Waals surface area (Å²) in [5, 5.41) is 5.06. The molecule has 1 aliphatic rings. The Bertz CT molecular complexity index is 1270. The van der Waals surface area contributed by atoms with E-state index in [-0.39, 0.29) is 10.8 Å². The number of benzene rings is 2. The maximum absolute atomic E-state index is 12.8. The molecule has 2 heterocycles. The number of aryl methyl sites for hydroxylation is 1. The highest BCUT2D eigenvalue weighted by Gasteiger charge is 2.26. The van der Waals surface area contributed by atoms with Crippen LogP contribution in [0.2, 0.25) is 0 Å². The molecular formula is C24H27N3O5S2. The van der Waals surface area contributed by atoms with Gasteiger partial charge in [0.25, 0.3) is 5.91 Å². The number of aromatic nitrogens is 1. The second-order valence-corrected chi connectivity index (χ2v) is 10.8. The van der Waals surface area contributed by atoms with Gasteiger partial charge in [0.2, 0.25) is 10.0 Å². The number of thiazole rings is 1. The molecule has 180 valence electrons. The highest BCUT2D eigenvalue weighted by atomic mass is 32.2. The highest BCUT2D eigenvalue weighted by molar-refractivity contribution is 7.89. The number of hydrogen-bond acceptors (Lipinski definition) is 7. The average Bonchev–Trinajstić information content (AvgIpc) is 3.31. The van der Waals surface area contributed by atoms with Crippen LogP contribution in [-0.2, 0) is 19.6 Å². The van der Waals surface area contributed by atoms with Crippen LogP contribution in [0.15, 0.2) is 52.7 Å². The van der Waals surface area contributed by atoms with Crippen molar-refractivity contribution in [2.45, 2.75) is 31.8 Å². The molecule has 8 nitrogen and oxygen atoms in total. The van der Waals surface area contributed by atoms with E-state index in [2.05, 4.69) is 10.3 Å². The maximum Gasteiger partial charge on any atom is 0.266 e. The van der Waals surface area contributed by atoms with Crippen LogP contribution in [-0.4, -0.2) is 56.0 Å². The molecule has 1 N–H and O–H groups in total. The van der Waals surface area contributed by atoms with Crippen molar-refractivity contribution < 1.29 is 22.7 Å². The molecule has 1 saturated heterocycles. The predicted octanol–water partition coefficient (Wildman–Crippen LogP) is 3.85. The Balaban J connectivity index is 1.41. The van der Waals surface area contributed by atoms with E-state index in [1.165, 1.54) is 15.6 Å². The van der Waals surface area contributed by atoms with Crippen molar-refractivity contribution in [3.8, 4) is 17.0 Å². The predicted molar refractivity (Wildman–Crippen MR) is 132 cm³/mol. The molecular weight excluding hydrogens is 474 g/mol. The number of carbonyl (C=O) groups excluding carboxylic acids is 1. The Morgan fingerprint density at radius 2 is 1.85 bits per heavy atom. The van der Waals surface area contributed by atoms with Gasteiger partial charge in [-0.3, -0.25) is 10.1 Å². The topological polar surface area (TPSA) is 97.8 Å². The zero-order valence-electron chi connectivity index (χ0n) is 19.3. The fourth-order valence-electron chi connectivity index (χ4n) is 3.50. The SMILES string of the molecule is Cc1cccc(OC(C)C(=O)Nc2nc(-c3ccc(S(=O)(=O)N4CCOCC4)cc3)cs2)c1C. The van der Waals surface area contributed by atoms with Gasteiger partial charge in [-0.25, -0.2) is 13.4 Å². The number of nitrogens with zero attached hydrogens (tertiary/aromatic N) is 2. The van der Waals surface area contributed by atoms with E-state index < -0.39 is 16.1 Å². The molecule has 1 atom stereocenters. The van der Waals surface area contributed by atoms with Crippen molar-refractivity contribution in [1.82, 2.24) is 9.29 Å². The molecule has 0 bridgehead atoms. The Labute approximate surface area is 203 Å². The van der Waals surface area contributed by atoms with Gasteiger partial charge >= 0.3 is 0 Å². The Kier molecular flexibility index (Phi) is 7.32. The van der Waals surface area contributed by atoms with E-state index in [1.807, 2.05) is 37.4 Å². The van der Waals surface area contributed by atoms with Gasteiger partial charge in [-0.1, -0.05) is 24.3 Å². The Morgan fingerprint density at radius 3 is 2.56 bits per heavy atom. The fraction of sp³-hybridized carbons (Fsp3) is 0.333. The van der Waals surface area contributed by atoms with Crippen LogP contribution in [0.5, 0.6) is 5.75 Å². The zero-order valence-corrected chi connectivity index (χ0v) is 20.9. The van der Waals surface area contributed by atoms with Crippen LogP contribution in [0, 0.1) is 13.8 Å². The van der Waals surface area contributed by atoms with E-state index in [9.17, 15) is 13.2 Å². The van der Waals surface area contributed by atoms with Gasteiger partial charge in [-0.15, -0.1) is 11.3 Å². The largest absolute Gasteiger partial charge is 0.481 e. The van der Waals surface area contributed by atoms with Crippen LogP contribution >= 0.6 is 11.3 Å². The number of carbonyl (C=O) groups is 1. The molecule has 0 spiro atoms. The van der Waals surface area contributed by atoms with Gasteiger partial charge in [-0.05, 0) is 50.1 Å². The minimum absolute atomic E-state index is 0.235. The van der Waals surface area contributed by atoms with Crippen molar-refractivity contribution in [3.63, 3.8) is 0 Å². The van der Waals surface area contributed by atoms with Crippen LogP contribution < -0.4 is 10.1 Å². The molecule has 3 aromatic rings. The minimum Gasteiger partial charge on any atom is -0.481 e. The van der Waals surface area contributed by atoms with Gasteiger partial charge in [0.15, 0.2) is 11.2 Å². The van der Waals surface area contributed by atoms with Crippen LogP contribution in [0.25, 0.3) is 11.3 Å². The maximum atomic E-state index is 12.8. The lowest BCUT2D eigenvalue weighted by Gasteiger charge is -2.26. The summed E-state index contributed by atoms with van der Waals surface area (Å²) in [4.78, 5) is 17.3. The van der Waals surface area contributed by atoms with E-state index in [1.54, 1.807) is 31.2 Å². The van der Waals surface area contributed by atoms with Crippen molar-refractivity contribution in [2.24, 2.45) is 0 Å². The summed E-state index contributed by atoms with van der Waals surface area (Å²) in [5.74, 6) is 0.378. The number of hydrogen-bond donors (Lipinski definition) is 1. The quantitative estimate of drug-likeness (QED) is 0.528. The number of anilines is 1. The molecule has 4 rings (SSSR count). The van der Waals surface area contributed by atoms with Gasteiger partial charge < -0.3 is 9.47 Å². The molecule has 1 aromatic heterocycles. The zero-order chi connectivity index (χ0) is 24.3. The first-order valence-corrected chi connectivity index (χ1v) is 13.3. The van der Waals surface area contributed by atoms with E-state index in [4.69, 9.17) is 9.47 Å². The van der Waals surface area contributed by atoms with Crippen LogP contribution in [0.1, 0.15) is 18.1 Å².